The molecule has 82 valence electrons. The molecule has 0 saturated heterocycles. The van der Waals surface area contributed by atoms with Crippen molar-refractivity contribution in [3.8, 4) is 11.5 Å². The van der Waals surface area contributed by atoms with Crippen molar-refractivity contribution >= 4 is 0 Å². The molecule has 1 atom stereocenters. The Kier molecular flexibility index (Phi) is 2.26. The van der Waals surface area contributed by atoms with Crippen LogP contribution in [0.4, 0.5) is 8.78 Å². The van der Waals surface area contributed by atoms with Crippen molar-refractivity contribution in [2.75, 3.05) is 13.2 Å². The molecule has 1 heterocycles. The van der Waals surface area contributed by atoms with Gasteiger partial charge in [0.15, 0.2) is 23.0 Å². The number of nitrogens with two attached hydrogens (primary N) is 1. The molecule has 0 fully saturated rings. The number of benzene rings is 1. The fourth-order valence-corrected chi connectivity index (χ4v) is 1.35. The normalized spacial score (nSPS) is 24.0. The number of fused-ring (bicyclic) bond motifs is 1. The van der Waals surface area contributed by atoms with Crippen LogP contribution in [0.15, 0.2) is 12.1 Å². The Morgan fingerprint density at radius 3 is 2.53 bits per heavy atom. The van der Waals surface area contributed by atoms with Crippen molar-refractivity contribution in [2.45, 2.75) is 12.5 Å². The minimum Gasteiger partial charge on any atom is -0.483 e. The Balaban J connectivity index is 2.45. The average Bonchev–Trinajstić information content (AvgIpc) is 2.24. The zero-order valence-corrected chi connectivity index (χ0v) is 8.22. The first kappa shape index (κ1) is 10.2. The third kappa shape index (κ3) is 1.63. The lowest BCUT2D eigenvalue weighted by Gasteiger charge is -2.34. The molecule has 0 saturated carbocycles. The van der Waals surface area contributed by atoms with Crippen LogP contribution >= 0.6 is 0 Å². The minimum absolute atomic E-state index is 0.108. The molecule has 0 radical (unpaired) electrons. The van der Waals surface area contributed by atoms with Crippen LogP contribution in [0.2, 0.25) is 0 Å². The highest BCUT2D eigenvalue weighted by atomic mass is 19.1. The summed E-state index contributed by atoms with van der Waals surface area (Å²) in [7, 11) is 0. The third-order valence-corrected chi connectivity index (χ3v) is 2.32. The monoisotopic (exact) mass is 215 g/mol. The Labute approximate surface area is 85.8 Å². The Hall–Kier alpha value is -1.36. The zero-order chi connectivity index (χ0) is 11.1. The minimum atomic E-state index is -0.804. The largest absolute Gasteiger partial charge is 0.483 e. The van der Waals surface area contributed by atoms with Gasteiger partial charge in [-0.2, -0.15) is 0 Å². The SMILES string of the molecule is CC1(CN)COc2c(F)ccc(F)c2O1. The predicted octanol–water partition coefficient (Wildman–Crippen LogP) is 1.45. The summed E-state index contributed by atoms with van der Waals surface area (Å²) in [6, 6.07) is 2.00. The highest BCUT2D eigenvalue weighted by Crippen LogP contribution is 2.39. The Morgan fingerprint density at radius 1 is 1.33 bits per heavy atom. The lowest BCUT2D eigenvalue weighted by atomic mass is 10.1. The van der Waals surface area contributed by atoms with Crippen molar-refractivity contribution in [1.82, 2.24) is 0 Å². The van der Waals surface area contributed by atoms with Gasteiger partial charge in [-0.25, -0.2) is 8.78 Å². The second-order valence-corrected chi connectivity index (χ2v) is 3.73. The fourth-order valence-electron chi connectivity index (χ4n) is 1.35. The van der Waals surface area contributed by atoms with Crippen molar-refractivity contribution in [2.24, 2.45) is 5.73 Å². The van der Waals surface area contributed by atoms with Gasteiger partial charge < -0.3 is 15.2 Å². The summed E-state index contributed by atoms with van der Waals surface area (Å²) in [4.78, 5) is 0. The van der Waals surface area contributed by atoms with Crippen LogP contribution in [-0.2, 0) is 0 Å². The topological polar surface area (TPSA) is 44.5 Å². The summed E-state index contributed by atoms with van der Waals surface area (Å²) in [6.07, 6.45) is 0. The van der Waals surface area contributed by atoms with Crippen molar-refractivity contribution in [3.63, 3.8) is 0 Å². The van der Waals surface area contributed by atoms with E-state index < -0.39 is 17.2 Å². The smallest absolute Gasteiger partial charge is 0.201 e. The molecule has 0 aliphatic carbocycles. The van der Waals surface area contributed by atoms with Crippen molar-refractivity contribution in [1.29, 1.82) is 0 Å². The number of ether oxygens (including phenoxy) is 2. The maximum absolute atomic E-state index is 13.3. The number of rotatable bonds is 1. The average molecular weight is 215 g/mol. The van der Waals surface area contributed by atoms with Gasteiger partial charge in [0.1, 0.15) is 6.61 Å². The van der Waals surface area contributed by atoms with Gasteiger partial charge in [-0.05, 0) is 19.1 Å². The molecule has 0 amide bonds. The first-order valence-corrected chi connectivity index (χ1v) is 4.56. The fraction of sp³-hybridized carbons (Fsp3) is 0.400. The standard InChI is InChI=1S/C10H11F2NO2/c1-10(4-13)5-14-8-6(11)2-3-7(12)9(8)15-10/h2-3H,4-5,13H2,1H3. The van der Waals surface area contributed by atoms with E-state index in [-0.39, 0.29) is 24.7 Å². The van der Waals surface area contributed by atoms with E-state index >= 15 is 0 Å². The summed E-state index contributed by atoms with van der Waals surface area (Å²) in [5, 5.41) is 0. The maximum atomic E-state index is 13.3. The van der Waals surface area contributed by atoms with Crippen LogP contribution in [-0.4, -0.2) is 18.8 Å². The third-order valence-electron chi connectivity index (χ3n) is 2.32. The summed E-state index contributed by atoms with van der Waals surface area (Å²) >= 11 is 0. The lowest BCUT2D eigenvalue weighted by Crippen LogP contribution is -2.48. The van der Waals surface area contributed by atoms with Crippen molar-refractivity contribution < 1.29 is 18.3 Å². The molecular weight excluding hydrogens is 204 g/mol. The summed E-state index contributed by atoms with van der Waals surface area (Å²) in [5.74, 6) is -1.66. The molecule has 1 aromatic carbocycles. The van der Waals surface area contributed by atoms with E-state index in [4.69, 9.17) is 15.2 Å². The highest BCUT2D eigenvalue weighted by Gasteiger charge is 2.35. The molecule has 1 aliphatic heterocycles. The van der Waals surface area contributed by atoms with Crippen LogP contribution in [0.3, 0.4) is 0 Å². The van der Waals surface area contributed by atoms with Gasteiger partial charge in [-0.3, -0.25) is 0 Å². The van der Waals surface area contributed by atoms with E-state index in [1.165, 1.54) is 0 Å². The number of halogens is 2. The molecule has 1 aliphatic rings. The molecule has 2 N–H and O–H groups in total. The van der Waals surface area contributed by atoms with Gasteiger partial charge in [0.05, 0.1) is 0 Å². The summed E-state index contributed by atoms with van der Waals surface area (Å²) < 4.78 is 37.0. The van der Waals surface area contributed by atoms with Crippen LogP contribution in [0.5, 0.6) is 11.5 Å². The van der Waals surface area contributed by atoms with E-state index in [0.717, 1.165) is 12.1 Å². The van der Waals surface area contributed by atoms with Gasteiger partial charge >= 0.3 is 0 Å². The molecule has 0 bridgehead atoms. The van der Waals surface area contributed by atoms with Gasteiger partial charge in [-0.15, -0.1) is 0 Å². The molecule has 2 rings (SSSR count). The zero-order valence-electron chi connectivity index (χ0n) is 8.22. The Morgan fingerprint density at radius 2 is 1.93 bits per heavy atom. The number of hydrogen-bond donors (Lipinski definition) is 1. The van der Waals surface area contributed by atoms with Gasteiger partial charge in [0, 0.05) is 6.54 Å². The second kappa shape index (κ2) is 3.34. The summed E-state index contributed by atoms with van der Waals surface area (Å²) in [5.41, 5.74) is 4.66. The second-order valence-electron chi connectivity index (χ2n) is 3.73. The van der Waals surface area contributed by atoms with E-state index in [9.17, 15) is 8.78 Å². The van der Waals surface area contributed by atoms with E-state index in [2.05, 4.69) is 0 Å². The highest BCUT2D eigenvalue weighted by molar-refractivity contribution is 5.44. The van der Waals surface area contributed by atoms with Crippen LogP contribution < -0.4 is 15.2 Å². The van der Waals surface area contributed by atoms with Crippen molar-refractivity contribution in [3.05, 3.63) is 23.8 Å². The van der Waals surface area contributed by atoms with Gasteiger partial charge in [-0.1, -0.05) is 0 Å². The van der Waals surface area contributed by atoms with Gasteiger partial charge in [0.2, 0.25) is 5.75 Å². The molecule has 1 aromatic rings. The molecule has 15 heavy (non-hydrogen) atoms. The lowest BCUT2D eigenvalue weighted by molar-refractivity contribution is 0.00662. The molecule has 1 unspecified atom stereocenters. The molecule has 0 spiro atoms. The van der Waals surface area contributed by atoms with E-state index in [1.807, 2.05) is 0 Å². The molecule has 5 heteroatoms. The first-order valence-electron chi connectivity index (χ1n) is 4.56. The molecule has 0 aromatic heterocycles. The van der Waals surface area contributed by atoms with Crippen LogP contribution in [0.25, 0.3) is 0 Å². The number of hydrogen-bond acceptors (Lipinski definition) is 3. The first-order chi connectivity index (χ1) is 7.06. The van der Waals surface area contributed by atoms with Crippen LogP contribution in [0, 0.1) is 11.6 Å². The quantitative estimate of drug-likeness (QED) is 0.771. The predicted molar refractivity (Wildman–Crippen MR) is 49.9 cm³/mol. The van der Waals surface area contributed by atoms with Crippen LogP contribution in [0.1, 0.15) is 6.92 Å². The van der Waals surface area contributed by atoms with E-state index in [0.29, 0.717) is 0 Å². The van der Waals surface area contributed by atoms with E-state index in [1.54, 1.807) is 6.92 Å². The molecule has 3 nitrogen and oxygen atoms in total. The summed E-state index contributed by atoms with van der Waals surface area (Å²) in [6.45, 7) is 1.96. The Bertz CT molecular complexity index is 397. The van der Waals surface area contributed by atoms with Gasteiger partial charge in [0.25, 0.3) is 0 Å². The maximum Gasteiger partial charge on any atom is 0.201 e. The molecular formula is C10H11F2NO2.